The molecule has 0 saturated carbocycles. The Morgan fingerprint density at radius 1 is 0.846 bits per heavy atom. The fourth-order valence-corrected chi connectivity index (χ4v) is 3.72. The number of anilines is 2. The number of amides is 2. The van der Waals surface area contributed by atoms with E-state index in [4.69, 9.17) is 0 Å². The van der Waals surface area contributed by atoms with Gasteiger partial charge in [-0.15, -0.1) is 11.3 Å². The van der Waals surface area contributed by atoms with Gasteiger partial charge in [-0.05, 0) is 42.1 Å². The summed E-state index contributed by atoms with van der Waals surface area (Å²) in [6.07, 6.45) is 0. The lowest BCUT2D eigenvalue weighted by Gasteiger charge is -2.15. The molecule has 1 aliphatic rings. The quantitative estimate of drug-likeness (QED) is 0.699. The number of hydrogen-bond acceptors (Lipinski definition) is 4. The molecule has 0 saturated heterocycles. The second-order valence-electron chi connectivity index (χ2n) is 5.95. The van der Waals surface area contributed by atoms with Crippen LogP contribution in [0.2, 0.25) is 0 Å². The first-order valence-electron chi connectivity index (χ1n) is 8.21. The molecule has 5 heteroatoms. The highest BCUT2D eigenvalue weighted by Crippen LogP contribution is 2.35. The Kier molecular flexibility index (Phi) is 4.14. The number of para-hydroxylation sites is 2. The van der Waals surface area contributed by atoms with Gasteiger partial charge in [-0.1, -0.05) is 42.5 Å². The Bertz CT molecular complexity index is 1010. The lowest BCUT2D eigenvalue weighted by molar-refractivity contribution is -0.120. The molecule has 2 aromatic carbocycles. The van der Waals surface area contributed by atoms with Crippen molar-refractivity contribution in [3.8, 4) is 0 Å². The Morgan fingerprint density at radius 2 is 1.58 bits per heavy atom. The molecule has 0 spiro atoms. The summed E-state index contributed by atoms with van der Waals surface area (Å²) in [7, 11) is 0. The van der Waals surface area contributed by atoms with Gasteiger partial charge in [0.2, 0.25) is 0 Å². The van der Waals surface area contributed by atoms with Crippen LogP contribution in [0.5, 0.6) is 0 Å². The van der Waals surface area contributed by atoms with Gasteiger partial charge in [-0.25, -0.2) is 4.90 Å². The molecular weight excluding hydrogens is 344 g/mol. The van der Waals surface area contributed by atoms with Crippen LogP contribution in [0.25, 0.3) is 5.57 Å². The van der Waals surface area contributed by atoms with Crippen molar-refractivity contribution in [3.63, 3.8) is 0 Å². The van der Waals surface area contributed by atoms with E-state index in [9.17, 15) is 9.59 Å². The highest BCUT2D eigenvalue weighted by Gasteiger charge is 2.40. The monoisotopic (exact) mass is 360 g/mol. The van der Waals surface area contributed by atoms with Crippen molar-refractivity contribution in [3.05, 3.63) is 88.2 Å². The van der Waals surface area contributed by atoms with E-state index in [2.05, 4.69) is 5.32 Å². The number of hydrogen-bond donors (Lipinski definition) is 1. The molecule has 2 heterocycles. The van der Waals surface area contributed by atoms with Crippen molar-refractivity contribution in [2.24, 2.45) is 0 Å². The highest BCUT2D eigenvalue weighted by atomic mass is 32.1. The van der Waals surface area contributed by atoms with Crippen molar-refractivity contribution >= 4 is 40.1 Å². The van der Waals surface area contributed by atoms with E-state index in [0.717, 1.165) is 16.1 Å². The maximum Gasteiger partial charge on any atom is 0.282 e. The van der Waals surface area contributed by atoms with E-state index in [0.29, 0.717) is 17.0 Å². The number of aryl methyl sites for hydroxylation is 1. The van der Waals surface area contributed by atoms with Crippen molar-refractivity contribution in [1.29, 1.82) is 0 Å². The van der Waals surface area contributed by atoms with Gasteiger partial charge < -0.3 is 5.32 Å². The molecule has 2 amide bonds. The van der Waals surface area contributed by atoms with Gasteiger partial charge in [0.1, 0.15) is 5.70 Å². The predicted molar refractivity (Wildman–Crippen MR) is 105 cm³/mol. The van der Waals surface area contributed by atoms with Crippen LogP contribution >= 0.6 is 11.3 Å². The van der Waals surface area contributed by atoms with Crippen LogP contribution in [0, 0.1) is 6.92 Å². The number of carbonyl (C=O) groups excluding carboxylic acids is 2. The van der Waals surface area contributed by atoms with Crippen molar-refractivity contribution in [2.75, 3.05) is 10.2 Å². The predicted octanol–water partition coefficient (Wildman–Crippen LogP) is 4.45. The minimum atomic E-state index is -0.340. The summed E-state index contributed by atoms with van der Waals surface area (Å²) in [5.41, 5.74) is 3.11. The number of benzene rings is 2. The normalized spacial score (nSPS) is 14.3. The number of rotatable bonds is 4. The van der Waals surface area contributed by atoms with Gasteiger partial charge in [0, 0.05) is 10.6 Å². The molecule has 0 aliphatic carbocycles. The molecule has 0 fully saturated rings. The highest BCUT2D eigenvalue weighted by molar-refractivity contribution is 7.11. The van der Waals surface area contributed by atoms with Gasteiger partial charge in [0.15, 0.2) is 0 Å². The van der Waals surface area contributed by atoms with E-state index < -0.39 is 0 Å². The summed E-state index contributed by atoms with van der Waals surface area (Å²) >= 11 is 1.44. The van der Waals surface area contributed by atoms with E-state index in [1.165, 1.54) is 16.2 Å². The van der Waals surface area contributed by atoms with Crippen molar-refractivity contribution < 1.29 is 9.59 Å². The lowest BCUT2D eigenvalue weighted by Crippen LogP contribution is -2.32. The Balaban J connectivity index is 1.82. The zero-order chi connectivity index (χ0) is 18.1. The standard InChI is InChI=1S/C21H16N2O2S/c1-14-8-5-6-11-16(14)22-19-18(17-12-7-13-26-17)20(24)23(21(19)25)15-9-3-2-4-10-15/h2-13,22H,1H3. The number of thiophene rings is 1. The first kappa shape index (κ1) is 16.3. The van der Waals surface area contributed by atoms with E-state index in [-0.39, 0.29) is 11.8 Å². The summed E-state index contributed by atoms with van der Waals surface area (Å²) in [6.45, 7) is 1.96. The third kappa shape index (κ3) is 2.72. The third-order valence-electron chi connectivity index (χ3n) is 4.27. The molecule has 4 nitrogen and oxygen atoms in total. The van der Waals surface area contributed by atoms with Gasteiger partial charge in [-0.3, -0.25) is 9.59 Å². The van der Waals surface area contributed by atoms with Crippen LogP contribution in [0.1, 0.15) is 10.4 Å². The van der Waals surface area contributed by atoms with Gasteiger partial charge in [0.05, 0.1) is 11.3 Å². The molecule has 0 unspecified atom stereocenters. The Morgan fingerprint density at radius 3 is 2.27 bits per heavy atom. The van der Waals surface area contributed by atoms with Gasteiger partial charge in [-0.2, -0.15) is 0 Å². The second kappa shape index (κ2) is 6.61. The molecule has 3 aromatic rings. The largest absolute Gasteiger partial charge is 0.350 e. The SMILES string of the molecule is Cc1ccccc1NC1=C(c2cccs2)C(=O)N(c2ccccc2)C1=O. The molecule has 1 N–H and O–H groups in total. The Hall–Kier alpha value is -3.18. The molecule has 1 aromatic heterocycles. The summed E-state index contributed by atoms with van der Waals surface area (Å²) in [5, 5.41) is 5.10. The maximum atomic E-state index is 13.1. The summed E-state index contributed by atoms with van der Waals surface area (Å²) in [4.78, 5) is 28.2. The molecule has 0 radical (unpaired) electrons. The fourth-order valence-electron chi connectivity index (χ4n) is 2.95. The average Bonchev–Trinajstić information content (AvgIpc) is 3.25. The minimum absolute atomic E-state index is 0.306. The topological polar surface area (TPSA) is 49.4 Å². The number of carbonyl (C=O) groups is 2. The van der Waals surface area contributed by atoms with Crippen LogP contribution in [0.15, 0.2) is 77.8 Å². The first-order valence-corrected chi connectivity index (χ1v) is 9.09. The zero-order valence-corrected chi connectivity index (χ0v) is 14.9. The Labute approximate surface area is 155 Å². The smallest absolute Gasteiger partial charge is 0.282 e. The van der Waals surface area contributed by atoms with Gasteiger partial charge in [0.25, 0.3) is 11.8 Å². The third-order valence-corrected chi connectivity index (χ3v) is 5.16. The molecule has 26 heavy (non-hydrogen) atoms. The fraction of sp³-hybridized carbons (Fsp3) is 0.0476. The van der Waals surface area contributed by atoms with Crippen LogP contribution in [0.3, 0.4) is 0 Å². The van der Waals surface area contributed by atoms with Crippen molar-refractivity contribution in [2.45, 2.75) is 6.92 Å². The first-order chi connectivity index (χ1) is 12.7. The van der Waals surface area contributed by atoms with Crippen LogP contribution in [-0.4, -0.2) is 11.8 Å². The summed E-state index contributed by atoms with van der Waals surface area (Å²) in [6, 6.07) is 20.4. The molecule has 4 rings (SSSR count). The summed E-state index contributed by atoms with van der Waals surface area (Å²) in [5.74, 6) is -0.646. The molecular formula is C21H16N2O2S. The molecule has 128 valence electrons. The van der Waals surface area contributed by atoms with Crippen LogP contribution in [0.4, 0.5) is 11.4 Å². The molecule has 1 aliphatic heterocycles. The molecule has 0 bridgehead atoms. The number of nitrogens with one attached hydrogen (secondary N) is 1. The maximum absolute atomic E-state index is 13.1. The minimum Gasteiger partial charge on any atom is -0.350 e. The lowest BCUT2D eigenvalue weighted by atomic mass is 10.1. The number of imide groups is 1. The van der Waals surface area contributed by atoms with E-state index in [1.54, 1.807) is 12.1 Å². The van der Waals surface area contributed by atoms with Gasteiger partial charge >= 0.3 is 0 Å². The number of nitrogens with zero attached hydrogens (tertiary/aromatic N) is 1. The van der Waals surface area contributed by atoms with E-state index >= 15 is 0 Å². The average molecular weight is 360 g/mol. The zero-order valence-electron chi connectivity index (χ0n) is 14.1. The van der Waals surface area contributed by atoms with E-state index in [1.807, 2.05) is 66.9 Å². The second-order valence-corrected chi connectivity index (χ2v) is 6.90. The van der Waals surface area contributed by atoms with Crippen molar-refractivity contribution in [1.82, 2.24) is 0 Å². The molecule has 0 atom stereocenters. The van der Waals surface area contributed by atoms with Crippen LogP contribution < -0.4 is 10.2 Å². The van der Waals surface area contributed by atoms with Crippen LogP contribution in [-0.2, 0) is 9.59 Å². The summed E-state index contributed by atoms with van der Waals surface area (Å²) < 4.78 is 0.